The summed E-state index contributed by atoms with van der Waals surface area (Å²) in [5, 5.41) is 12.8. The number of carboxylic acid groups (broad SMARTS) is 1. The minimum absolute atomic E-state index is 0.0757. The molecule has 0 aromatic heterocycles. The maximum Gasteiger partial charge on any atom is 0.330 e. The number of ketones is 1. The lowest BCUT2D eigenvalue weighted by Crippen LogP contribution is -2.37. The van der Waals surface area contributed by atoms with Crippen LogP contribution in [0.2, 0.25) is 0 Å². The molecular weight excluding hydrogens is 566 g/mol. The number of benzene rings is 4. The summed E-state index contributed by atoms with van der Waals surface area (Å²) in [5.74, 6) is -2.08. The number of anilines is 1. The molecule has 1 atom stereocenters. The van der Waals surface area contributed by atoms with Gasteiger partial charge in [-0.05, 0) is 59.0 Å². The van der Waals surface area contributed by atoms with Crippen LogP contribution >= 0.6 is 0 Å². The van der Waals surface area contributed by atoms with Crippen molar-refractivity contribution in [2.45, 2.75) is 23.9 Å². The van der Waals surface area contributed by atoms with Crippen LogP contribution in [0.25, 0.3) is 11.1 Å². The molecule has 1 heterocycles. The third-order valence-corrected chi connectivity index (χ3v) is 9.91. The largest absolute Gasteiger partial charge is 0.479 e. The van der Waals surface area contributed by atoms with Crippen LogP contribution in [-0.2, 0) is 27.8 Å². The van der Waals surface area contributed by atoms with Crippen LogP contribution in [0.1, 0.15) is 49.0 Å². The minimum atomic E-state index is -3.79. The highest BCUT2D eigenvalue weighted by Gasteiger charge is 2.33. The Morgan fingerprint density at radius 2 is 1.58 bits per heavy atom. The number of carboxylic acids is 1. The first kappa shape index (κ1) is 28.3. The topological polar surface area (TPSA) is 124 Å². The zero-order valence-electron chi connectivity index (χ0n) is 23.6. The summed E-state index contributed by atoms with van der Waals surface area (Å²) < 4.78 is 28.3. The van der Waals surface area contributed by atoms with Crippen LogP contribution in [0.15, 0.2) is 89.8 Å². The van der Waals surface area contributed by atoms with E-state index in [0.717, 1.165) is 11.3 Å². The Balaban J connectivity index is 1.27. The fraction of sp³-hybridized carbons (Fsp3) is 0.182. The maximum absolute atomic E-state index is 13.5. The number of rotatable bonds is 7. The van der Waals surface area contributed by atoms with E-state index >= 15 is 0 Å². The Labute approximate surface area is 249 Å². The van der Waals surface area contributed by atoms with Gasteiger partial charge in [-0.3, -0.25) is 9.59 Å². The molecule has 1 amide bonds. The predicted molar refractivity (Wildman–Crippen MR) is 162 cm³/mol. The highest BCUT2D eigenvalue weighted by Crippen LogP contribution is 2.39. The highest BCUT2D eigenvalue weighted by atomic mass is 32.2. The number of carbonyl (C=O) groups excluding carboxylic acids is 2. The second kappa shape index (κ2) is 10.8. The van der Waals surface area contributed by atoms with E-state index in [0.29, 0.717) is 46.3 Å². The highest BCUT2D eigenvalue weighted by molar-refractivity contribution is 7.89. The summed E-state index contributed by atoms with van der Waals surface area (Å²) in [4.78, 5) is 40.9. The molecule has 4 aromatic carbocycles. The lowest BCUT2D eigenvalue weighted by atomic mass is 9.95. The molecule has 9 nitrogen and oxygen atoms in total. The molecule has 0 saturated carbocycles. The standard InChI is InChI=1S/C33H29N3O6S/c1-35(2)23-12-14-24(15-13-23)43(41,42)36-17-16-20-10-11-21(18-22(20)19-36)30(33(39)40)34-32(38)28-9-5-8-27-29(28)25-6-3-4-7-26(25)31(27)37/h3-15,18,30H,16-17,19H2,1-2H3,(H,34,38)(H,39,40). The summed E-state index contributed by atoms with van der Waals surface area (Å²) >= 11 is 0. The van der Waals surface area contributed by atoms with Gasteiger partial charge >= 0.3 is 5.97 Å². The molecule has 10 heteroatoms. The molecule has 4 aromatic rings. The molecule has 0 radical (unpaired) electrons. The molecule has 2 aliphatic rings. The lowest BCUT2D eigenvalue weighted by molar-refractivity contribution is -0.139. The van der Waals surface area contributed by atoms with Crippen LogP contribution in [0.4, 0.5) is 5.69 Å². The van der Waals surface area contributed by atoms with E-state index in [1.165, 1.54) is 4.31 Å². The number of amides is 1. The number of nitrogens with one attached hydrogen (secondary N) is 1. The third kappa shape index (κ3) is 4.98. The maximum atomic E-state index is 13.5. The molecule has 1 aliphatic heterocycles. The van der Waals surface area contributed by atoms with Crippen molar-refractivity contribution in [2.75, 3.05) is 25.5 Å². The second-order valence-corrected chi connectivity index (χ2v) is 12.8. The van der Waals surface area contributed by atoms with E-state index in [9.17, 15) is 27.9 Å². The second-order valence-electron chi connectivity index (χ2n) is 10.9. The molecular formula is C33H29N3O6S. The quantitative estimate of drug-likeness (QED) is 0.288. The zero-order chi connectivity index (χ0) is 30.5. The third-order valence-electron chi connectivity index (χ3n) is 8.05. The Bertz CT molecular complexity index is 1900. The van der Waals surface area contributed by atoms with Gasteiger partial charge in [0.25, 0.3) is 5.91 Å². The van der Waals surface area contributed by atoms with Crippen molar-refractivity contribution in [1.82, 2.24) is 9.62 Å². The predicted octanol–water partition coefficient (Wildman–Crippen LogP) is 4.27. The van der Waals surface area contributed by atoms with E-state index in [2.05, 4.69) is 5.32 Å². The molecule has 1 unspecified atom stereocenters. The first-order valence-electron chi connectivity index (χ1n) is 13.8. The van der Waals surface area contributed by atoms with E-state index in [1.54, 1.807) is 84.9 Å². The number of aliphatic carboxylic acids is 1. The zero-order valence-corrected chi connectivity index (χ0v) is 24.4. The first-order chi connectivity index (χ1) is 20.6. The number of nitrogens with zero attached hydrogens (tertiary/aromatic N) is 2. The van der Waals surface area contributed by atoms with Crippen LogP contribution in [0, 0.1) is 0 Å². The Hall–Kier alpha value is -4.80. The molecule has 0 spiro atoms. The van der Waals surface area contributed by atoms with Crippen molar-refractivity contribution >= 4 is 33.4 Å². The Morgan fingerprint density at radius 1 is 0.884 bits per heavy atom. The Kier molecular flexibility index (Phi) is 7.11. The summed E-state index contributed by atoms with van der Waals surface area (Å²) in [6.07, 6.45) is 0.471. The first-order valence-corrected chi connectivity index (χ1v) is 15.2. The lowest BCUT2D eigenvalue weighted by Gasteiger charge is -2.29. The van der Waals surface area contributed by atoms with Crippen molar-refractivity contribution in [3.63, 3.8) is 0 Å². The van der Waals surface area contributed by atoms with E-state index < -0.39 is 27.9 Å². The van der Waals surface area contributed by atoms with Crippen molar-refractivity contribution < 1.29 is 27.9 Å². The number of sulfonamides is 1. The summed E-state index contributed by atoms with van der Waals surface area (Å²) in [5.41, 5.74) is 5.01. The molecule has 1 aliphatic carbocycles. The van der Waals surface area contributed by atoms with Crippen molar-refractivity contribution in [3.05, 3.63) is 118 Å². The number of fused-ring (bicyclic) bond motifs is 4. The number of hydrogen-bond acceptors (Lipinski definition) is 6. The minimum Gasteiger partial charge on any atom is -0.479 e. The van der Waals surface area contributed by atoms with Crippen LogP contribution in [0.5, 0.6) is 0 Å². The van der Waals surface area contributed by atoms with Gasteiger partial charge < -0.3 is 15.3 Å². The molecule has 43 heavy (non-hydrogen) atoms. The monoisotopic (exact) mass is 595 g/mol. The van der Waals surface area contributed by atoms with E-state index in [-0.39, 0.29) is 22.8 Å². The van der Waals surface area contributed by atoms with Crippen molar-refractivity contribution in [3.8, 4) is 11.1 Å². The molecule has 218 valence electrons. The fourth-order valence-electron chi connectivity index (χ4n) is 5.76. The number of carbonyl (C=O) groups is 3. The van der Waals surface area contributed by atoms with Gasteiger partial charge in [-0.25, -0.2) is 13.2 Å². The van der Waals surface area contributed by atoms with E-state index in [1.807, 2.05) is 19.0 Å². The SMILES string of the molecule is CN(C)c1ccc(S(=O)(=O)N2CCc3ccc(C(NC(=O)c4cccc5c4-c4ccccc4C5=O)C(=O)O)cc3C2)cc1. The van der Waals surface area contributed by atoms with Crippen LogP contribution in [0.3, 0.4) is 0 Å². The average Bonchev–Trinajstić information content (AvgIpc) is 3.31. The molecule has 0 fully saturated rings. The molecule has 0 saturated heterocycles. The van der Waals surface area contributed by atoms with Gasteiger partial charge in [0.05, 0.1) is 4.90 Å². The van der Waals surface area contributed by atoms with Crippen molar-refractivity contribution in [2.24, 2.45) is 0 Å². The molecule has 0 bridgehead atoms. The summed E-state index contributed by atoms with van der Waals surface area (Å²) in [6.45, 7) is 0.370. The van der Waals surface area contributed by atoms with Gasteiger partial charge in [0.2, 0.25) is 10.0 Å². The molecule has 2 N–H and O–H groups in total. The van der Waals surface area contributed by atoms with Gasteiger partial charge in [-0.1, -0.05) is 54.6 Å². The van der Waals surface area contributed by atoms with E-state index in [4.69, 9.17) is 0 Å². The smallest absolute Gasteiger partial charge is 0.330 e. The van der Waals surface area contributed by atoms with Crippen LogP contribution in [-0.4, -0.2) is 56.1 Å². The van der Waals surface area contributed by atoms with Gasteiger partial charge in [-0.2, -0.15) is 4.31 Å². The average molecular weight is 596 g/mol. The van der Waals surface area contributed by atoms with Crippen LogP contribution < -0.4 is 10.2 Å². The van der Waals surface area contributed by atoms with Gasteiger partial charge in [0.15, 0.2) is 11.8 Å². The summed E-state index contributed by atoms with van der Waals surface area (Å²) in [7, 11) is -0.0316. The normalized spacial score (nSPS) is 14.8. The fourth-order valence-corrected chi connectivity index (χ4v) is 7.18. The number of hydrogen-bond donors (Lipinski definition) is 2. The Morgan fingerprint density at radius 3 is 2.28 bits per heavy atom. The van der Waals surface area contributed by atoms with Gasteiger partial charge in [0.1, 0.15) is 0 Å². The van der Waals surface area contributed by atoms with Gasteiger partial charge in [-0.15, -0.1) is 0 Å². The van der Waals surface area contributed by atoms with Gasteiger partial charge in [0, 0.05) is 55.1 Å². The van der Waals surface area contributed by atoms with Crippen molar-refractivity contribution in [1.29, 1.82) is 0 Å². The molecule has 6 rings (SSSR count). The summed E-state index contributed by atoms with van der Waals surface area (Å²) in [6, 6.07) is 22.2.